The van der Waals surface area contributed by atoms with E-state index in [1.54, 1.807) is 23.1 Å². The molecule has 2 heterocycles. The zero-order chi connectivity index (χ0) is 18.6. The fraction of sp³-hybridized carbons (Fsp3) is 0.600. The lowest BCUT2D eigenvalue weighted by Crippen LogP contribution is -2.55. The normalized spacial score (nSPS) is 23.4. The fourth-order valence-electron chi connectivity index (χ4n) is 4.13. The highest BCUT2D eigenvalue weighted by molar-refractivity contribution is 5.89. The summed E-state index contributed by atoms with van der Waals surface area (Å²) in [4.78, 5) is 28.6. The lowest BCUT2D eigenvalue weighted by Gasteiger charge is -2.48. The molecule has 1 aromatic carbocycles. The second-order valence-corrected chi connectivity index (χ2v) is 7.60. The van der Waals surface area contributed by atoms with E-state index in [1.807, 2.05) is 4.90 Å². The summed E-state index contributed by atoms with van der Waals surface area (Å²) >= 11 is 0. The molecule has 1 N–H and O–H groups in total. The minimum atomic E-state index is -0.429. The predicted molar refractivity (Wildman–Crippen MR) is 99.4 cm³/mol. The Morgan fingerprint density at radius 2 is 2.08 bits per heavy atom. The van der Waals surface area contributed by atoms with E-state index in [0.717, 1.165) is 45.2 Å². The quantitative estimate of drug-likeness (QED) is 0.885. The van der Waals surface area contributed by atoms with Gasteiger partial charge in [-0.05, 0) is 37.8 Å². The molecule has 0 saturated carbocycles. The summed E-state index contributed by atoms with van der Waals surface area (Å²) in [5, 5.41) is 2.69. The van der Waals surface area contributed by atoms with Gasteiger partial charge < -0.3 is 15.1 Å². The SMILES string of the molecule is CCCCN1CC2(CCCN(C(=O)Nc3ccccc3F)C2)CCC1=O. The molecule has 1 atom stereocenters. The number of carbonyl (C=O) groups excluding carboxylic acids is 2. The lowest BCUT2D eigenvalue weighted by molar-refractivity contribution is -0.139. The van der Waals surface area contributed by atoms with Crippen LogP contribution < -0.4 is 5.32 Å². The van der Waals surface area contributed by atoms with Crippen LogP contribution in [0.2, 0.25) is 0 Å². The molecular weight excluding hydrogens is 333 g/mol. The van der Waals surface area contributed by atoms with Crippen molar-refractivity contribution in [2.24, 2.45) is 5.41 Å². The fourth-order valence-corrected chi connectivity index (χ4v) is 4.13. The number of piperidine rings is 2. The molecule has 2 aliphatic rings. The van der Waals surface area contributed by atoms with E-state index in [9.17, 15) is 14.0 Å². The maximum Gasteiger partial charge on any atom is 0.321 e. The van der Waals surface area contributed by atoms with Crippen LogP contribution in [-0.2, 0) is 4.79 Å². The van der Waals surface area contributed by atoms with Gasteiger partial charge in [-0.1, -0.05) is 25.5 Å². The van der Waals surface area contributed by atoms with Crippen molar-refractivity contribution < 1.29 is 14.0 Å². The number of hydrogen-bond acceptors (Lipinski definition) is 2. The standard InChI is InChI=1S/C20H28FN3O2/c1-2-3-12-23-14-20(11-9-18(23)25)10-6-13-24(15-20)19(26)22-17-8-5-4-7-16(17)21/h4-5,7-8H,2-3,6,9-15H2,1H3,(H,22,26). The highest BCUT2D eigenvalue weighted by Gasteiger charge is 2.42. The summed E-state index contributed by atoms with van der Waals surface area (Å²) in [7, 11) is 0. The van der Waals surface area contributed by atoms with Gasteiger partial charge in [0.05, 0.1) is 5.69 Å². The number of unbranched alkanes of at least 4 members (excludes halogenated alkanes) is 1. The first-order valence-electron chi connectivity index (χ1n) is 9.61. The molecule has 1 unspecified atom stereocenters. The molecule has 3 amide bonds. The number of halogens is 1. The molecule has 6 heteroatoms. The van der Waals surface area contributed by atoms with E-state index < -0.39 is 5.82 Å². The Morgan fingerprint density at radius 1 is 1.27 bits per heavy atom. The Kier molecular flexibility index (Phi) is 5.79. The summed E-state index contributed by atoms with van der Waals surface area (Å²) < 4.78 is 13.8. The second-order valence-electron chi connectivity index (χ2n) is 7.60. The number of nitrogens with zero attached hydrogens (tertiary/aromatic N) is 2. The first kappa shape index (κ1) is 18.7. The van der Waals surface area contributed by atoms with Crippen LogP contribution in [0.15, 0.2) is 24.3 Å². The summed E-state index contributed by atoms with van der Waals surface area (Å²) in [6.45, 7) is 4.96. The van der Waals surface area contributed by atoms with E-state index in [0.29, 0.717) is 19.5 Å². The number of benzene rings is 1. The summed E-state index contributed by atoms with van der Waals surface area (Å²) in [6, 6.07) is 5.95. The van der Waals surface area contributed by atoms with E-state index in [4.69, 9.17) is 0 Å². The number of amides is 3. The Bertz CT molecular complexity index is 666. The monoisotopic (exact) mass is 361 g/mol. The van der Waals surface area contributed by atoms with Gasteiger partial charge in [0.25, 0.3) is 0 Å². The van der Waals surface area contributed by atoms with Crippen molar-refractivity contribution >= 4 is 17.6 Å². The summed E-state index contributed by atoms with van der Waals surface area (Å²) in [5.74, 6) is -0.196. The van der Waals surface area contributed by atoms with Crippen molar-refractivity contribution in [3.05, 3.63) is 30.1 Å². The first-order chi connectivity index (χ1) is 12.5. The molecule has 3 rings (SSSR count). The maximum absolute atomic E-state index is 13.8. The van der Waals surface area contributed by atoms with Gasteiger partial charge in [-0.2, -0.15) is 0 Å². The van der Waals surface area contributed by atoms with Gasteiger partial charge in [0, 0.05) is 38.0 Å². The highest BCUT2D eigenvalue weighted by atomic mass is 19.1. The maximum atomic E-state index is 13.8. The zero-order valence-electron chi connectivity index (χ0n) is 15.5. The molecule has 2 fully saturated rings. The molecule has 0 aliphatic carbocycles. The molecule has 0 aromatic heterocycles. The van der Waals surface area contributed by atoms with Crippen LogP contribution in [0.5, 0.6) is 0 Å². The van der Waals surface area contributed by atoms with Crippen molar-refractivity contribution in [2.75, 3.05) is 31.5 Å². The van der Waals surface area contributed by atoms with Crippen LogP contribution in [0, 0.1) is 11.2 Å². The minimum Gasteiger partial charge on any atom is -0.342 e. The van der Waals surface area contributed by atoms with Gasteiger partial charge in [0.2, 0.25) is 5.91 Å². The summed E-state index contributed by atoms with van der Waals surface area (Å²) in [5.41, 5.74) is 0.187. The van der Waals surface area contributed by atoms with E-state index in [1.165, 1.54) is 6.07 Å². The van der Waals surface area contributed by atoms with Gasteiger partial charge in [0.15, 0.2) is 0 Å². The van der Waals surface area contributed by atoms with Crippen LogP contribution in [0.1, 0.15) is 45.4 Å². The zero-order valence-corrected chi connectivity index (χ0v) is 15.5. The van der Waals surface area contributed by atoms with Gasteiger partial charge in [-0.25, -0.2) is 9.18 Å². The molecule has 142 valence electrons. The largest absolute Gasteiger partial charge is 0.342 e. The molecule has 2 saturated heterocycles. The molecule has 1 spiro atoms. The molecule has 5 nitrogen and oxygen atoms in total. The van der Waals surface area contributed by atoms with Crippen LogP contribution in [0.4, 0.5) is 14.9 Å². The average molecular weight is 361 g/mol. The minimum absolute atomic E-state index is 0.0214. The topological polar surface area (TPSA) is 52.6 Å². The average Bonchev–Trinajstić information content (AvgIpc) is 2.65. The highest BCUT2D eigenvalue weighted by Crippen LogP contribution is 2.39. The Hall–Kier alpha value is -2.11. The first-order valence-corrected chi connectivity index (χ1v) is 9.61. The third kappa shape index (κ3) is 4.17. The van der Waals surface area contributed by atoms with Crippen LogP contribution in [-0.4, -0.2) is 47.9 Å². The number of carbonyl (C=O) groups is 2. The molecule has 0 bridgehead atoms. The van der Waals surface area contributed by atoms with Crippen LogP contribution >= 0.6 is 0 Å². The third-order valence-corrected chi connectivity index (χ3v) is 5.59. The predicted octanol–water partition coefficient (Wildman–Crippen LogP) is 3.86. The van der Waals surface area contributed by atoms with Crippen molar-refractivity contribution in [2.45, 2.75) is 45.4 Å². The molecule has 2 aliphatic heterocycles. The second kappa shape index (κ2) is 8.06. The Morgan fingerprint density at radius 3 is 2.85 bits per heavy atom. The number of likely N-dealkylation sites (tertiary alicyclic amines) is 2. The summed E-state index contributed by atoms with van der Waals surface area (Å²) in [6.07, 6.45) is 5.42. The van der Waals surface area contributed by atoms with Gasteiger partial charge in [0.1, 0.15) is 5.82 Å². The third-order valence-electron chi connectivity index (χ3n) is 5.59. The molecule has 0 radical (unpaired) electrons. The number of nitrogens with one attached hydrogen (secondary N) is 1. The van der Waals surface area contributed by atoms with E-state index in [2.05, 4.69) is 12.2 Å². The Labute approximate surface area is 154 Å². The van der Waals surface area contributed by atoms with E-state index in [-0.39, 0.29) is 23.0 Å². The number of hydrogen-bond donors (Lipinski definition) is 1. The molecular formula is C20H28FN3O2. The smallest absolute Gasteiger partial charge is 0.321 e. The number of anilines is 1. The van der Waals surface area contributed by atoms with Gasteiger partial charge in [-0.15, -0.1) is 0 Å². The van der Waals surface area contributed by atoms with Crippen molar-refractivity contribution in [3.8, 4) is 0 Å². The lowest BCUT2D eigenvalue weighted by atomic mass is 9.73. The van der Waals surface area contributed by atoms with Crippen molar-refractivity contribution in [1.29, 1.82) is 0 Å². The number of para-hydroxylation sites is 1. The molecule has 26 heavy (non-hydrogen) atoms. The van der Waals surface area contributed by atoms with Gasteiger partial charge in [-0.3, -0.25) is 4.79 Å². The Balaban J connectivity index is 1.65. The van der Waals surface area contributed by atoms with Crippen LogP contribution in [0.3, 0.4) is 0 Å². The van der Waals surface area contributed by atoms with Crippen LogP contribution in [0.25, 0.3) is 0 Å². The number of rotatable bonds is 4. The van der Waals surface area contributed by atoms with E-state index >= 15 is 0 Å². The van der Waals surface area contributed by atoms with Crippen molar-refractivity contribution in [3.63, 3.8) is 0 Å². The molecule has 1 aromatic rings. The number of urea groups is 1. The van der Waals surface area contributed by atoms with Gasteiger partial charge >= 0.3 is 6.03 Å². The van der Waals surface area contributed by atoms with Crippen molar-refractivity contribution in [1.82, 2.24) is 9.80 Å².